The van der Waals surface area contributed by atoms with Gasteiger partial charge in [-0.25, -0.2) is 0 Å². The smallest absolute Gasteiger partial charge is 0.0574 e. The Hall–Kier alpha value is -0.0400. The molecule has 3 aliphatic carbocycles. The van der Waals surface area contributed by atoms with Gasteiger partial charge in [-0.1, -0.05) is 0 Å². The van der Waals surface area contributed by atoms with Crippen LogP contribution in [-0.4, -0.2) is 11.2 Å². The summed E-state index contributed by atoms with van der Waals surface area (Å²) in [5.74, 6) is 3.71. The fourth-order valence-corrected chi connectivity index (χ4v) is 3.17. The van der Waals surface area contributed by atoms with Crippen LogP contribution in [0.1, 0.15) is 19.3 Å². The zero-order valence-corrected chi connectivity index (χ0v) is 5.46. The zero-order valence-electron chi connectivity index (χ0n) is 5.46. The van der Waals surface area contributed by atoms with Crippen molar-refractivity contribution in [3.8, 4) is 0 Å². The first-order chi connectivity index (χ1) is 4.36. The minimum absolute atomic E-state index is 0.0961. The first-order valence-corrected chi connectivity index (χ1v) is 4.04. The van der Waals surface area contributed by atoms with E-state index in [9.17, 15) is 5.11 Å². The van der Waals surface area contributed by atoms with Crippen molar-refractivity contribution < 1.29 is 5.11 Å². The highest BCUT2D eigenvalue weighted by molar-refractivity contribution is 5.09. The summed E-state index contributed by atoms with van der Waals surface area (Å²) in [6, 6.07) is 0. The Balaban J connectivity index is 1.96. The summed E-state index contributed by atoms with van der Waals surface area (Å²) >= 11 is 0. The number of aliphatic hydroxyl groups is 1. The molecule has 2 bridgehead atoms. The molecule has 0 radical (unpaired) electrons. The lowest BCUT2D eigenvalue weighted by Crippen LogP contribution is -2.17. The lowest BCUT2D eigenvalue weighted by Gasteiger charge is -2.14. The molecule has 3 fully saturated rings. The highest BCUT2D eigenvalue weighted by Gasteiger charge is 2.60. The molecule has 1 heteroatoms. The van der Waals surface area contributed by atoms with E-state index in [1.165, 1.54) is 12.8 Å². The molecule has 0 aromatic carbocycles. The normalized spacial score (nSPS) is 68.3. The van der Waals surface area contributed by atoms with E-state index in [0.29, 0.717) is 0 Å². The molecule has 5 atom stereocenters. The van der Waals surface area contributed by atoms with Crippen molar-refractivity contribution in [2.24, 2.45) is 23.7 Å². The van der Waals surface area contributed by atoms with Gasteiger partial charge in [0.1, 0.15) is 0 Å². The number of rotatable bonds is 0. The molecule has 1 nitrogen and oxygen atoms in total. The first kappa shape index (κ1) is 4.73. The monoisotopic (exact) mass is 124 g/mol. The van der Waals surface area contributed by atoms with Gasteiger partial charge in [0.2, 0.25) is 0 Å². The van der Waals surface area contributed by atoms with Crippen LogP contribution in [0.5, 0.6) is 0 Å². The van der Waals surface area contributed by atoms with Gasteiger partial charge in [-0.2, -0.15) is 0 Å². The Kier molecular flexibility index (Phi) is 0.628. The Morgan fingerprint density at radius 1 is 0.889 bits per heavy atom. The fraction of sp³-hybridized carbons (Fsp3) is 1.00. The van der Waals surface area contributed by atoms with Crippen LogP contribution in [0.15, 0.2) is 0 Å². The summed E-state index contributed by atoms with van der Waals surface area (Å²) in [5.41, 5.74) is 0. The fourth-order valence-electron chi connectivity index (χ4n) is 3.17. The van der Waals surface area contributed by atoms with Crippen molar-refractivity contribution in [3.63, 3.8) is 0 Å². The second kappa shape index (κ2) is 1.20. The molecule has 0 saturated heterocycles. The molecule has 3 rings (SSSR count). The minimum atomic E-state index is 0.0961. The van der Waals surface area contributed by atoms with Crippen molar-refractivity contribution in [1.82, 2.24) is 0 Å². The molecule has 50 valence electrons. The average Bonchev–Trinajstić information content (AvgIpc) is 2.46. The van der Waals surface area contributed by atoms with Crippen LogP contribution < -0.4 is 0 Å². The summed E-state index contributed by atoms with van der Waals surface area (Å²) in [6.07, 6.45) is 4.04. The van der Waals surface area contributed by atoms with Gasteiger partial charge in [-0.3, -0.25) is 0 Å². The molecule has 0 heterocycles. The van der Waals surface area contributed by atoms with Gasteiger partial charge in [0, 0.05) is 0 Å². The Labute approximate surface area is 55.1 Å². The molecule has 3 saturated carbocycles. The lowest BCUT2D eigenvalue weighted by atomic mass is 9.98. The third-order valence-electron chi connectivity index (χ3n) is 3.66. The third-order valence-corrected chi connectivity index (χ3v) is 3.66. The average molecular weight is 124 g/mol. The van der Waals surface area contributed by atoms with Gasteiger partial charge in [-0.05, 0) is 42.9 Å². The van der Waals surface area contributed by atoms with Crippen LogP contribution in [0.4, 0.5) is 0 Å². The van der Waals surface area contributed by atoms with E-state index in [0.717, 1.165) is 30.1 Å². The number of fused-ring (bicyclic) bond motifs is 5. The molecule has 3 aliphatic rings. The quantitative estimate of drug-likeness (QED) is 0.511. The maximum atomic E-state index is 9.42. The molecule has 0 unspecified atom stereocenters. The Bertz CT molecular complexity index is 151. The molecule has 0 spiro atoms. The first-order valence-electron chi connectivity index (χ1n) is 4.04. The van der Waals surface area contributed by atoms with Crippen molar-refractivity contribution in [2.75, 3.05) is 0 Å². The molecule has 9 heavy (non-hydrogen) atoms. The van der Waals surface area contributed by atoms with Crippen LogP contribution >= 0.6 is 0 Å². The van der Waals surface area contributed by atoms with Crippen LogP contribution in [0.3, 0.4) is 0 Å². The molecule has 0 amide bonds. The molecule has 1 N–H and O–H groups in total. The topological polar surface area (TPSA) is 20.2 Å². The zero-order chi connectivity index (χ0) is 6.01. The number of hydrogen-bond acceptors (Lipinski definition) is 1. The molecular weight excluding hydrogens is 112 g/mol. The van der Waals surface area contributed by atoms with Gasteiger partial charge in [0.15, 0.2) is 0 Å². The summed E-state index contributed by atoms with van der Waals surface area (Å²) in [5, 5.41) is 9.42. The second-order valence-electron chi connectivity index (χ2n) is 4.03. The van der Waals surface area contributed by atoms with E-state index in [2.05, 4.69) is 0 Å². The minimum Gasteiger partial charge on any atom is -0.393 e. The van der Waals surface area contributed by atoms with Crippen LogP contribution in [-0.2, 0) is 0 Å². The summed E-state index contributed by atoms with van der Waals surface area (Å²) < 4.78 is 0. The second-order valence-corrected chi connectivity index (χ2v) is 4.03. The highest BCUT2D eigenvalue weighted by Crippen LogP contribution is 2.65. The van der Waals surface area contributed by atoms with Crippen molar-refractivity contribution in [1.29, 1.82) is 0 Å². The van der Waals surface area contributed by atoms with Crippen LogP contribution in [0, 0.1) is 23.7 Å². The Morgan fingerprint density at radius 3 is 2.33 bits per heavy atom. The largest absolute Gasteiger partial charge is 0.393 e. The summed E-state index contributed by atoms with van der Waals surface area (Å²) in [7, 11) is 0. The maximum absolute atomic E-state index is 9.42. The van der Waals surface area contributed by atoms with E-state index >= 15 is 0 Å². The summed E-state index contributed by atoms with van der Waals surface area (Å²) in [4.78, 5) is 0. The molecular formula is C8H12O. The van der Waals surface area contributed by atoms with Gasteiger partial charge in [0.05, 0.1) is 6.10 Å². The molecule has 0 aromatic heterocycles. The SMILES string of the molecule is O[C@@H]1C[C@H]2C[C@H]1[C@H]1C[C@H]21. The van der Waals surface area contributed by atoms with Gasteiger partial charge in [-0.15, -0.1) is 0 Å². The van der Waals surface area contributed by atoms with Crippen LogP contribution in [0.25, 0.3) is 0 Å². The van der Waals surface area contributed by atoms with Crippen LogP contribution in [0.2, 0.25) is 0 Å². The third kappa shape index (κ3) is 0.420. The number of aliphatic hydroxyl groups excluding tert-OH is 1. The summed E-state index contributed by atoms with van der Waals surface area (Å²) in [6.45, 7) is 0. The van der Waals surface area contributed by atoms with E-state index in [1.54, 1.807) is 0 Å². The Morgan fingerprint density at radius 2 is 1.78 bits per heavy atom. The predicted molar refractivity (Wildman–Crippen MR) is 33.8 cm³/mol. The predicted octanol–water partition coefficient (Wildman–Crippen LogP) is 1.02. The standard InChI is InChI=1S/C8H12O/c9-8-2-4-1-7(8)6-3-5(4)6/h4-9H,1-3H2/t4-,5-,6+,7+,8-/m1/s1. The van der Waals surface area contributed by atoms with E-state index in [-0.39, 0.29) is 6.10 Å². The van der Waals surface area contributed by atoms with Gasteiger partial charge < -0.3 is 5.11 Å². The molecule has 0 aromatic rings. The van der Waals surface area contributed by atoms with Crippen molar-refractivity contribution in [2.45, 2.75) is 25.4 Å². The highest BCUT2D eigenvalue weighted by atomic mass is 16.3. The van der Waals surface area contributed by atoms with Gasteiger partial charge in [0.25, 0.3) is 0 Å². The van der Waals surface area contributed by atoms with Crippen molar-refractivity contribution in [3.05, 3.63) is 0 Å². The molecule has 0 aliphatic heterocycles. The van der Waals surface area contributed by atoms with E-state index in [4.69, 9.17) is 0 Å². The van der Waals surface area contributed by atoms with E-state index in [1.807, 2.05) is 0 Å². The van der Waals surface area contributed by atoms with Gasteiger partial charge >= 0.3 is 0 Å². The maximum Gasteiger partial charge on any atom is 0.0574 e. The van der Waals surface area contributed by atoms with Crippen molar-refractivity contribution >= 4 is 0 Å². The number of hydrogen-bond donors (Lipinski definition) is 1. The lowest BCUT2D eigenvalue weighted by molar-refractivity contribution is 0.107. The van der Waals surface area contributed by atoms with E-state index < -0.39 is 0 Å².